The summed E-state index contributed by atoms with van der Waals surface area (Å²) in [5, 5.41) is 0. The van der Waals surface area contributed by atoms with Crippen LogP contribution in [0, 0.1) is 12.0 Å². The van der Waals surface area contributed by atoms with E-state index in [0.717, 1.165) is 12.3 Å². The summed E-state index contributed by atoms with van der Waals surface area (Å²) in [5.74, 6) is 1.13. The molecule has 0 amide bonds. The fourth-order valence-electron chi connectivity index (χ4n) is 3.28. The van der Waals surface area contributed by atoms with Gasteiger partial charge >= 0.3 is 0 Å². The topological polar surface area (TPSA) is 3.24 Å². The predicted molar refractivity (Wildman–Crippen MR) is 102 cm³/mol. The van der Waals surface area contributed by atoms with Gasteiger partial charge < -0.3 is 0 Å². The fraction of sp³-hybridized carbons (Fsp3) is 0.391. The maximum Gasteiger partial charge on any atom is 0.0340 e. The second kappa shape index (κ2) is 8.30. The molecule has 0 aromatic heterocycles. The highest BCUT2D eigenvalue weighted by Gasteiger charge is 2.24. The zero-order chi connectivity index (χ0) is 16.8. The van der Waals surface area contributed by atoms with Crippen LogP contribution in [0.25, 0.3) is 0 Å². The van der Waals surface area contributed by atoms with Crippen LogP contribution in [0.3, 0.4) is 0 Å². The van der Waals surface area contributed by atoms with Crippen molar-refractivity contribution >= 4 is 0 Å². The van der Waals surface area contributed by atoms with Crippen molar-refractivity contribution in [1.82, 2.24) is 4.90 Å². The van der Waals surface area contributed by atoms with Crippen molar-refractivity contribution in [2.45, 2.75) is 38.1 Å². The van der Waals surface area contributed by atoms with Gasteiger partial charge in [0, 0.05) is 18.5 Å². The van der Waals surface area contributed by atoms with Gasteiger partial charge in [-0.1, -0.05) is 73.7 Å². The van der Waals surface area contributed by atoms with E-state index in [-0.39, 0.29) is 5.92 Å². The molecule has 2 aromatic carbocycles. The van der Waals surface area contributed by atoms with Crippen LogP contribution in [0.4, 0.5) is 0 Å². The summed E-state index contributed by atoms with van der Waals surface area (Å²) in [4.78, 5) is 2.50. The maximum atomic E-state index is 3.71. The summed E-state index contributed by atoms with van der Waals surface area (Å²) in [5.41, 5.74) is 2.61. The molecule has 1 unspecified atom stereocenters. The zero-order valence-electron chi connectivity index (χ0n) is 14.9. The summed E-state index contributed by atoms with van der Waals surface area (Å²) >= 11 is 0. The van der Waals surface area contributed by atoms with E-state index >= 15 is 0 Å². The highest BCUT2D eigenvalue weighted by Crippen LogP contribution is 2.30. The Morgan fingerprint density at radius 3 is 2.00 bits per heavy atom. The first kappa shape index (κ1) is 17.0. The van der Waals surface area contributed by atoms with Crippen molar-refractivity contribution in [3.8, 4) is 0 Å². The molecule has 24 heavy (non-hydrogen) atoms. The molecular formula is C23H28N. The van der Waals surface area contributed by atoms with Crippen LogP contribution in [0.2, 0.25) is 0 Å². The van der Waals surface area contributed by atoms with Gasteiger partial charge in [0.25, 0.3) is 0 Å². The molecular weight excluding hydrogens is 290 g/mol. The third-order valence-corrected chi connectivity index (χ3v) is 4.95. The average Bonchev–Trinajstić information content (AvgIpc) is 3.44. The number of allylic oxidation sites excluding steroid dienone is 1. The Hall–Kier alpha value is -1.86. The molecule has 1 radical (unpaired) electrons. The molecule has 0 aliphatic heterocycles. The van der Waals surface area contributed by atoms with E-state index in [4.69, 9.17) is 0 Å². The summed E-state index contributed by atoms with van der Waals surface area (Å²) in [6.07, 6.45) is 9.96. The number of hydrogen-bond acceptors (Lipinski definition) is 1. The van der Waals surface area contributed by atoms with E-state index in [9.17, 15) is 0 Å². The quantitative estimate of drug-likeness (QED) is 0.638. The first-order valence-electron chi connectivity index (χ1n) is 9.17. The van der Waals surface area contributed by atoms with Crippen molar-refractivity contribution < 1.29 is 0 Å². The van der Waals surface area contributed by atoms with Gasteiger partial charge in [-0.05, 0) is 49.4 Å². The summed E-state index contributed by atoms with van der Waals surface area (Å²) in [6, 6.07) is 21.9. The molecule has 1 heteroatoms. The molecule has 0 heterocycles. The van der Waals surface area contributed by atoms with Crippen LogP contribution < -0.4 is 0 Å². The van der Waals surface area contributed by atoms with Gasteiger partial charge in [-0.25, -0.2) is 0 Å². The maximum absolute atomic E-state index is 3.71. The van der Waals surface area contributed by atoms with Gasteiger partial charge in [-0.2, -0.15) is 0 Å². The van der Waals surface area contributed by atoms with Gasteiger partial charge in [-0.3, -0.25) is 4.90 Å². The minimum absolute atomic E-state index is 0.204. The van der Waals surface area contributed by atoms with Gasteiger partial charge in [0.05, 0.1) is 0 Å². The highest BCUT2D eigenvalue weighted by molar-refractivity contribution is 5.35. The second-order valence-electron chi connectivity index (χ2n) is 6.95. The van der Waals surface area contributed by atoms with Gasteiger partial charge in [0.2, 0.25) is 0 Å². The first-order chi connectivity index (χ1) is 11.8. The average molecular weight is 318 g/mol. The molecule has 1 aliphatic rings. The zero-order valence-corrected chi connectivity index (χ0v) is 14.9. The van der Waals surface area contributed by atoms with Crippen LogP contribution in [-0.2, 0) is 0 Å². The number of hydrogen-bond donors (Lipinski definition) is 0. The number of nitrogens with zero attached hydrogens (tertiary/aromatic N) is 1. The van der Waals surface area contributed by atoms with Crippen molar-refractivity contribution in [2.24, 2.45) is 5.92 Å². The summed E-state index contributed by atoms with van der Waals surface area (Å²) in [6.45, 7) is 3.49. The third kappa shape index (κ3) is 4.58. The van der Waals surface area contributed by atoms with Crippen LogP contribution in [0.1, 0.15) is 43.2 Å². The Morgan fingerprint density at radius 2 is 1.54 bits per heavy atom. The van der Waals surface area contributed by atoms with Crippen LogP contribution >= 0.6 is 0 Å². The molecule has 2 aromatic rings. The largest absolute Gasteiger partial charge is 0.300 e. The number of benzene rings is 2. The molecule has 1 atom stereocenters. The molecule has 125 valence electrons. The molecule has 1 fully saturated rings. The van der Waals surface area contributed by atoms with E-state index in [1.54, 1.807) is 0 Å². The van der Waals surface area contributed by atoms with Gasteiger partial charge in [0.15, 0.2) is 0 Å². The normalized spacial score (nSPS) is 16.2. The SMILES string of the molecule is CCC(C=[C]C(c1ccccc1)c1ccccc1)N(C)CC1CC1. The van der Waals surface area contributed by atoms with Gasteiger partial charge in [-0.15, -0.1) is 0 Å². The standard InChI is InChI=1S/C23H28N/c1-3-22(24(2)18-19-14-15-19)16-17-23(20-10-6-4-7-11-20)21-12-8-5-9-13-21/h4-13,16,19,22-23H,3,14-15,18H2,1-2H3. The lowest BCUT2D eigenvalue weighted by Gasteiger charge is -2.25. The van der Waals surface area contributed by atoms with E-state index in [1.807, 2.05) is 0 Å². The lowest BCUT2D eigenvalue weighted by molar-refractivity contribution is 0.264. The molecule has 0 spiro atoms. The Bertz CT molecular complexity index is 588. The van der Waals surface area contributed by atoms with Crippen molar-refractivity contribution in [2.75, 3.05) is 13.6 Å². The van der Waals surface area contributed by atoms with Crippen LogP contribution in [0.5, 0.6) is 0 Å². The lowest BCUT2D eigenvalue weighted by Crippen LogP contribution is -2.31. The molecule has 3 rings (SSSR count). The van der Waals surface area contributed by atoms with Gasteiger partial charge in [0.1, 0.15) is 0 Å². The van der Waals surface area contributed by atoms with E-state index in [1.165, 1.54) is 30.5 Å². The lowest BCUT2D eigenvalue weighted by atomic mass is 9.90. The fourth-order valence-corrected chi connectivity index (χ4v) is 3.28. The van der Waals surface area contributed by atoms with Crippen LogP contribution in [-0.4, -0.2) is 24.5 Å². The first-order valence-corrected chi connectivity index (χ1v) is 9.17. The Balaban J connectivity index is 1.80. The minimum atomic E-state index is 0.204. The highest BCUT2D eigenvalue weighted by atomic mass is 15.1. The third-order valence-electron chi connectivity index (χ3n) is 4.95. The number of likely N-dealkylation sites (N-methyl/N-ethyl adjacent to an activating group) is 1. The van der Waals surface area contributed by atoms with Crippen molar-refractivity contribution in [3.05, 3.63) is 83.9 Å². The van der Waals surface area contributed by atoms with E-state index < -0.39 is 0 Å². The van der Waals surface area contributed by atoms with E-state index in [2.05, 4.69) is 91.7 Å². The van der Waals surface area contributed by atoms with E-state index in [0.29, 0.717) is 6.04 Å². The Kier molecular flexibility index (Phi) is 5.87. The molecule has 0 bridgehead atoms. The summed E-state index contributed by atoms with van der Waals surface area (Å²) in [7, 11) is 2.25. The Morgan fingerprint density at radius 1 is 1.00 bits per heavy atom. The van der Waals surface area contributed by atoms with Crippen LogP contribution in [0.15, 0.2) is 66.7 Å². The number of rotatable bonds is 8. The predicted octanol–water partition coefficient (Wildman–Crippen LogP) is 5.30. The molecule has 0 saturated heterocycles. The Labute approximate surface area is 147 Å². The smallest absolute Gasteiger partial charge is 0.0340 e. The monoisotopic (exact) mass is 318 g/mol. The summed E-state index contributed by atoms with van der Waals surface area (Å²) < 4.78 is 0. The minimum Gasteiger partial charge on any atom is -0.300 e. The molecule has 0 N–H and O–H groups in total. The van der Waals surface area contributed by atoms with Crippen molar-refractivity contribution in [3.63, 3.8) is 0 Å². The van der Waals surface area contributed by atoms with Crippen molar-refractivity contribution in [1.29, 1.82) is 0 Å². The second-order valence-corrected chi connectivity index (χ2v) is 6.95. The molecule has 1 saturated carbocycles. The molecule has 1 nitrogen and oxygen atoms in total. The molecule has 1 aliphatic carbocycles.